The number of ether oxygens (including phenoxy) is 1. The smallest absolute Gasteiger partial charge is 0.312 e. The number of carbonyl (C=O) groups is 1. The van der Waals surface area contributed by atoms with Crippen LogP contribution in [0.5, 0.6) is 0 Å². The molecule has 1 unspecified atom stereocenters. The second-order valence-electron chi connectivity index (χ2n) is 2.78. The quantitative estimate of drug-likeness (QED) is 0.561. The highest BCUT2D eigenvalue weighted by molar-refractivity contribution is 5.78. The second-order valence-corrected chi connectivity index (χ2v) is 2.78. The molecule has 0 aliphatic carbocycles. The summed E-state index contributed by atoms with van der Waals surface area (Å²) in [6.45, 7) is 4.15. The van der Waals surface area contributed by atoms with Gasteiger partial charge in [0, 0.05) is 0 Å². The highest BCUT2D eigenvalue weighted by Gasteiger charge is 2.39. The average Bonchev–Trinajstić information content (AvgIpc) is 1.88. The molecule has 0 amide bonds. The van der Waals surface area contributed by atoms with Crippen molar-refractivity contribution in [1.82, 2.24) is 0 Å². The molecule has 0 aromatic carbocycles. The van der Waals surface area contributed by atoms with Gasteiger partial charge in [-0.1, -0.05) is 20.3 Å². The number of cyclic esters (lactones) is 1. The molecule has 0 aromatic heterocycles. The summed E-state index contributed by atoms with van der Waals surface area (Å²) in [6, 6.07) is 0. The molecule has 0 N–H and O–H groups in total. The molecule has 0 saturated carbocycles. The Labute approximate surface area is 61.6 Å². The van der Waals surface area contributed by atoms with Gasteiger partial charge in [0.25, 0.3) is 0 Å². The van der Waals surface area contributed by atoms with Crippen LogP contribution in [0, 0.1) is 5.92 Å². The van der Waals surface area contributed by atoms with Crippen LogP contribution >= 0.6 is 0 Å². The van der Waals surface area contributed by atoms with Crippen LogP contribution in [0.4, 0.5) is 0 Å². The maximum atomic E-state index is 10.7. The first kappa shape index (κ1) is 7.58. The molecular formula is C8H14O2. The van der Waals surface area contributed by atoms with Crippen molar-refractivity contribution in [2.45, 2.75) is 39.2 Å². The zero-order valence-corrected chi connectivity index (χ0v) is 6.59. The van der Waals surface area contributed by atoms with Gasteiger partial charge in [-0.15, -0.1) is 0 Å². The van der Waals surface area contributed by atoms with Gasteiger partial charge in [0.1, 0.15) is 6.10 Å². The van der Waals surface area contributed by atoms with Crippen LogP contribution < -0.4 is 0 Å². The van der Waals surface area contributed by atoms with E-state index in [0.29, 0.717) is 0 Å². The fourth-order valence-electron chi connectivity index (χ4n) is 1.37. The Kier molecular flexibility index (Phi) is 2.30. The van der Waals surface area contributed by atoms with Crippen LogP contribution in [0.1, 0.15) is 33.1 Å². The monoisotopic (exact) mass is 142 g/mol. The Morgan fingerprint density at radius 3 is 2.60 bits per heavy atom. The maximum absolute atomic E-state index is 10.7. The molecule has 58 valence electrons. The van der Waals surface area contributed by atoms with E-state index >= 15 is 0 Å². The molecule has 1 rings (SSSR count). The Bertz CT molecular complexity index is 131. The Morgan fingerprint density at radius 1 is 1.50 bits per heavy atom. The summed E-state index contributed by atoms with van der Waals surface area (Å²) in [6.07, 6.45) is 3.31. The molecule has 0 bridgehead atoms. The van der Waals surface area contributed by atoms with Crippen molar-refractivity contribution in [2.24, 2.45) is 5.92 Å². The fraction of sp³-hybridized carbons (Fsp3) is 0.875. The summed E-state index contributed by atoms with van der Waals surface area (Å²) in [5, 5.41) is 0. The van der Waals surface area contributed by atoms with Crippen molar-refractivity contribution in [3.05, 3.63) is 0 Å². The van der Waals surface area contributed by atoms with E-state index in [1.165, 1.54) is 0 Å². The van der Waals surface area contributed by atoms with Crippen LogP contribution in [0.3, 0.4) is 0 Å². The molecule has 2 nitrogen and oxygen atoms in total. The van der Waals surface area contributed by atoms with Crippen LogP contribution in [0.15, 0.2) is 0 Å². The normalized spacial score (nSPS) is 31.2. The molecule has 2 heteroatoms. The minimum atomic E-state index is 0.000880. The van der Waals surface area contributed by atoms with Crippen LogP contribution in [0.2, 0.25) is 0 Å². The molecule has 1 fully saturated rings. The third-order valence-electron chi connectivity index (χ3n) is 2.03. The van der Waals surface area contributed by atoms with Crippen molar-refractivity contribution in [2.75, 3.05) is 0 Å². The van der Waals surface area contributed by atoms with E-state index in [2.05, 4.69) is 6.92 Å². The fourth-order valence-corrected chi connectivity index (χ4v) is 1.37. The number of hydrogen-bond donors (Lipinski definition) is 0. The summed E-state index contributed by atoms with van der Waals surface area (Å²) in [5.41, 5.74) is 0. The summed E-state index contributed by atoms with van der Waals surface area (Å²) in [4.78, 5) is 10.7. The number of rotatable bonds is 3. The second kappa shape index (κ2) is 3.04. The molecule has 0 aromatic rings. The zero-order valence-electron chi connectivity index (χ0n) is 6.59. The highest BCUT2D eigenvalue weighted by Crippen LogP contribution is 2.28. The standard InChI is InChI=1S/C8H14O2/c1-3-5-7-6(4-2)8(9)10-7/h6-7H,3-5H2,1-2H3/t6-,7?/m1/s1. The lowest BCUT2D eigenvalue weighted by molar-refractivity contribution is -0.185. The van der Waals surface area contributed by atoms with E-state index in [-0.39, 0.29) is 18.0 Å². The van der Waals surface area contributed by atoms with Crippen molar-refractivity contribution in [3.8, 4) is 0 Å². The number of hydrogen-bond acceptors (Lipinski definition) is 2. The average molecular weight is 142 g/mol. The van der Waals surface area contributed by atoms with Gasteiger partial charge in [0.05, 0.1) is 5.92 Å². The topological polar surface area (TPSA) is 26.3 Å². The molecule has 1 aliphatic heterocycles. The molecule has 1 heterocycles. The van der Waals surface area contributed by atoms with Crippen molar-refractivity contribution in [1.29, 1.82) is 0 Å². The molecule has 10 heavy (non-hydrogen) atoms. The molecule has 1 aliphatic rings. The third-order valence-corrected chi connectivity index (χ3v) is 2.03. The molecule has 1 saturated heterocycles. The van der Waals surface area contributed by atoms with Crippen molar-refractivity contribution < 1.29 is 9.53 Å². The summed E-state index contributed by atoms with van der Waals surface area (Å²) >= 11 is 0. The summed E-state index contributed by atoms with van der Waals surface area (Å²) in [5.74, 6) is 0.209. The van der Waals surface area contributed by atoms with Crippen LogP contribution in [-0.4, -0.2) is 12.1 Å². The number of carbonyl (C=O) groups excluding carboxylic acids is 1. The zero-order chi connectivity index (χ0) is 7.56. The van der Waals surface area contributed by atoms with Crippen LogP contribution in [0.25, 0.3) is 0 Å². The first-order valence-corrected chi connectivity index (χ1v) is 4.00. The third kappa shape index (κ3) is 1.15. The Hall–Kier alpha value is -0.530. The molecule has 2 atom stereocenters. The van der Waals surface area contributed by atoms with Crippen LogP contribution in [-0.2, 0) is 9.53 Å². The predicted octanol–water partition coefficient (Wildman–Crippen LogP) is 1.74. The van der Waals surface area contributed by atoms with Gasteiger partial charge in [-0.25, -0.2) is 0 Å². The van der Waals surface area contributed by atoms with Gasteiger partial charge >= 0.3 is 5.97 Å². The molecule has 0 spiro atoms. The van der Waals surface area contributed by atoms with E-state index in [4.69, 9.17) is 4.74 Å². The lowest BCUT2D eigenvalue weighted by Gasteiger charge is -2.34. The van der Waals surface area contributed by atoms with E-state index in [1.807, 2.05) is 6.92 Å². The molecular weight excluding hydrogens is 128 g/mol. The molecule has 0 radical (unpaired) electrons. The summed E-state index contributed by atoms with van der Waals surface area (Å²) in [7, 11) is 0. The maximum Gasteiger partial charge on any atom is 0.312 e. The van der Waals surface area contributed by atoms with Gasteiger partial charge in [-0.2, -0.15) is 0 Å². The van der Waals surface area contributed by atoms with Crippen molar-refractivity contribution in [3.63, 3.8) is 0 Å². The minimum Gasteiger partial charge on any atom is -0.461 e. The lowest BCUT2D eigenvalue weighted by atomic mass is 9.91. The predicted molar refractivity (Wildman–Crippen MR) is 38.6 cm³/mol. The minimum absolute atomic E-state index is 0.000880. The largest absolute Gasteiger partial charge is 0.461 e. The van der Waals surface area contributed by atoms with Gasteiger partial charge in [-0.3, -0.25) is 4.79 Å². The van der Waals surface area contributed by atoms with E-state index in [0.717, 1.165) is 19.3 Å². The lowest BCUT2D eigenvalue weighted by Crippen LogP contribution is -2.44. The first-order valence-electron chi connectivity index (χ1n) is 4.00. The highest BCUT2D eigenvalue weighted by atomic mass is 16.6. The first-order chi connectivity index (χ1) is 4.79. The Morgan fingerprint density at radius 2 is 2.20 bits per heavy atom. The Balaban J connectivity index is 2.30. The van der Waals surface area contributed by atoms with Crippen molar-refractivity contribution >= 4 is 5.97 Å². The number of esters is 1. The van der Waals surface area contributed by atoms with Gasteiger partial charge in [0.2, 0.25) is 0 Å². The summed E-state index contributed by atoms with van der Waals surface area (Å²) < 4.78 is 4.94. The van der Waals surface area contributed by atoms with Gasteiger partial charge in [0.15, 0.2) is 0 Å². The van der Waals surface area contributed by atoms with E-state index in [9.17, 15) is 4.79 Å². The van der Waals surface area contributed by atoms with E-state index in [1.54, 1.807) is 0 Å². The SMILES string of the molecule is CCCC1OC(=O)[C@@H]1CC. The van der Waals surface area contributed by atoms with E-state index < -0.39 is 0 Å². The van der Waals surface area contributed by atoms with Gasteiger partial charge in [-0.05, 0) is 12.8 Å². The van der Waals surface area contributed by atoms with Gasteiger partial charge < -0.3 is 4.74 Å².